The monoisotopic (exact) mass is 604 g/mol. The third-order valence-corrected chi connectivity index (χ3v) is 7.53. The maximum absolute atomic E-state index is 12.7. The summed E-state index contributed by atoms with van der Waals surface area (Å²) in [4.78, 5) is 30.7. The number of nitrogens with one attached hydrogen (secondary N) is 2. The molecule has 42 heavy (non-hydrogen) atoms. The molecule has 11 heteroatoms. The molecule has 9 nitrogen and oxygen atoms in total. The second-order valence-corrected chi connectivity index (χ2v) is 11.6. The van der Waals surface area contributed by atoms with E-state index in [0.717, 1.165) is 5.69 Å². The van der Waals surface area contributed by atoms with E-state index in [0.29, 0.717) is 44.3 Å². The molecule has 1 fully saturated rings. The van der Waals surface area contributed by atoms with Crippen LogP contribution in [0.25, 0.3) is 11.3 Å². The van der Waals surface area contributed by atoms with Gasteiger partial charge in [-0.2, -0.15) is 0 Å². The van der Waals surface area contributed by atoms with Crippen LogP contribution in [0, 0.1) is 5.41 Å². The van der Waals surface area contributed by atoms with E-state index >= 15 is 0 Å². The summed E-state index contributed by atoms with van der Waals surface area (Å²) < 4.78 is 12.0. The number of thiocarbonyl (C=S) groups is 1. The first-order valence-electron chi connectivity index (χ1n) is 13.1. The zero-order valence-corrected chi connectivity index (χ0v) is 24.9. The van der Waals surface area contributed by atoms with Gasteiger partial charge >= 0.3 is 5.97 Å². The number of ether oxygens (including phenoxy) is 1. The molecule has 0 aliphatic carbocycles. The van der Waals surface area contributed by atoms with Crippen molar-refractivity contribution in [3.63, 3.8) is 0 Å². The molecule has 3 N–H and O–H groups in total. The van der Waals surface area contributed by atoms with Gasteiger partial charge in [0.05, 0.1) is 35.1 Å². The van der Waals surface area contributed by atoms with Gasteiger partial charge in [-0.1, -0.05) is 38.4 Å². The topological polar surface area (TPSA) is 117 Å². The minimum absolute atomic E-state index is 0.0924. The molecular weight excluding hydrogens is 576 g/mol. The number of carboxylic acids is 1. The summed E-state index contributed by atoms with van der Waals surface area (Å²) in [7, 11) is 1.54. The first-order chi connectivity index (χ1) is 20.0. The summed E-state index contributed by atoms with van der Waals surface area (Å²) >= 11 is 12.3. The predicted octanol–water partition coefficient (Wildman–Crippen LogP) is 6.86. The summed E-state index contributed by atoms with van der Waals surface area (Å²) in [5, 5.41) is 16.6. The normalized spacial score (nSPS) is 16.7. The number of carbonyl (C=O) groups is 2. The fourth-order valence-electron chi connectivity index (χ4n) is 4.67. The number of halogens is 1. The first-order valence-corrected chi connectivity index (χ1v) is 13.9. The molecule has 1 amide bonds. The lowest BCUT2D eigenvalue weighted by atomic mass is 9.95. The number of furan rings is 1. The van der Waals surface area contributed by atoms with Crippen LogP contribution in [0.5, 0.6) is 5.75 Å². The Balaban J connectivity index is 1.58. The molecule has 0 unspecified atom stereocenters. The number of pyridine rings is 1. The summed E-state index contributed by atoms with van der Waals surface area (Å²) in [6.07, 6.45) is 1.71. The molecule has 0 bridgehead atoms. The zero-order valence-electron chi connectivity index (χ0n) is 23.3. The van der Waals surface area contributed by atoms with Crippen molar-refractivity contribution >= 4 is 52.2 Å². The summed E-state index contributed by atoms with van der Waals surface area (Å²) in [5.74, 6) is 0.212. The zero-order chi connectivity index (χ0) is 30.2. The van der Waals surface area contributed by atoms with Crippen molar-refractivity contribution in [2.45, 2.75) is 32.9 Å². The van der Waals surface area contributed by atoms with Crippen LogP contribution >= 0.6 is 23.8 Å². The fraction of sp³-hybridized carbons (Fsp3) is 0.226. The van der Waals surface area contributed by atoms with Crippen molar-refractivity contribution < 1.29 is 23.8 Å². The second kappa shape index (κ2) is 11.5. The van der Waals surface area contributed by atoms with Crippen LogP contribution in [0.1, 0.15) is 54.7 Å². The lowest BCUT2D eigenvalue weighted by Crippen LogP contribution is -2.30. The van der Waals surface area contributed by atoms with Crippen LogP contribution in [0.15, 0.2) is 77.3 Å². The molecule has 4 aromatic rings. The molecule has 0 radical (unpaired) electrons. The van der Waals surface area contributed by atoms with Gasteiger partial charge in [-0.15, -0.1) is 0 Å². The van der Waals surface area contributed by atoms with Gasteiger partial charge in [-0.25, -0.2) is 4.79 Å². The number of aromatic carboxylic acids is 1. The van der Waals surface area contributed by atoms with Gasteiger partial charge in [-0.3, -0.25) is 9.78 Å². The number of carboxylic acid groups (broad SMARTS) is 1. The second-order valence-electron chi connectivity index (χ2n) is 10.8. The number of aromatic nitrogens is 1. The number of amides is 1. The van der Waals surface area contributed by atoms with Gasteiger partial charge in [0, 0.05) is 28.9 Å². The van der Waals surface area contributed by atoms with E-state index in [-0.39, 0.29) is 17.5 Å². The average molecular weight is 605 g/mol. The third kappa shape index (κ3) is 5.68. The Hall–Kier alpha value is -4.41. The van der Waals surface area contributed by atoms with E-state index < -0.39 is 17.4 Å². The minimum Gasteiger partial charge on any atom is -0.494 e. The van der Waals surface area contributed by atoms with Gasteiger partial charge < -0.3 is 29.8 Å². The van der Waals surface area contributed by atoms with Gasteiger partial charge in [0.15, 0.2) is 5.11 Å². The van der Waals surface area contributed by atoms with E-state index in [9.17, 15) is 14.7 Å². The summed E-state index contributed by atoms with van der Waals surface area (Å²) in [5.41, 5.74) is 1.94. The van der Waals surface area contributed by atoms with Gasteiger partial charge in [-0.05, 0) is 66.8 Å². The Morgan fingerprint density at radius 1 is 1.12 bits per heavy atom. The highest BCUT2D eigenvalue weighted by molar-refractivity contribution is 7.80. The van der Waals surface area contributed by atoms with Crippen LogP contribution in [0.2, 0.25) is 5.02 Å². The number of nitrogens with zero attached hydrogens (tertiary/aromatic N) is 2. The molecule has 0 saturated carbocycles. The van der Waals surface area contributed by atoms with Gasteiger partial charge in [0.25, 0.3) is 0 Å². The Bertz CT molecular complexity index is 1670. The van der Waals surface area contributed by atoms with Crippen LogP contribution in [-0.4, -0.2) is 34.2 Å². The summed E-state index contributed by atoms with van der Waals surface area (Å²) in [6, 6.07) is 18.2. The molecule has 2 aromatic carbocycles. The molecule has 1 aliphatic rings. The Kier molecular flexibility index (Phi) is 7.94. The number of carbonyl (C=O) groups excluding carboxylic acids is 1. The van der Waals surface area contributed by atoms with Gasteiger partial charge in [0.2, 0.25) is 5.91 Å². The van der Waals surface area contributed by atoms with Crippen LogP contribution < -0.4 is 20.3 Å². The molecular formula is C31H29ClN4O5S. The number of hydrogen-bond acceptors (Lipinski definition) is 6. The molecule has 5 rings (SSSR count). The van der Waals surface area contributed by atoms with E-state index in [1.807, 2.05) is 56.0 Å². The van der Waals surface area contributed by atoms with Crippen molar-refractivity contribution in [1.29, 1.82) is 0 Å². The third-order valence-electron chi connectivity index (χ3n) is 6.89. The lowest BCUT2D eigenvalue weighted by molar-refractivity contribution is -0.123. The van der Waals surface area contributed by atoms with Crippen LogP contribution in [0.3, 0.4) is 0 Å². The number of benzene rings is 2. The number of hydrogen-bond donors (Lipinski definition) is 3. The lowest BCUT2D eigenvalue weighted by Gasteiger charge is -2.27. The fourth-order valence-corrected chi connectivity index (χ4v) is 5.23. The number of anilines is 2. The highest BCUT2D eigenvalue weighted by Crippen LogP contribution is 2.45. The van der Waals surface area contributed by atoms with E-state index in [1.165, 1.54) is 25.3 Å². The molecule has 216 valence electrons. The molecule has 1 saturated heterocycles. The molecule has 0 spiro atoms. The quantitative estimate of drug-likeness (QED) is 0.194. The number of rotatable bonds is 7. The van der Waals surface area contributed by atoms with Gasteiger partial charge in [0.1, 0.15) is 23.3 Å². The summed E-state index contributed by atoms with van der Waals surface area (Å²) in [6.45, 7) is 5.51. The van der Waals surface area contributed by atoms with Crippen molar-refractivity contribution in [2.75, 3.05) is 17.3 Å². The highest BCUT2D eigenvalue weighted by Gasteiger charge is 2.43. The molecule has 3 heterocycles. The predicted molar refractivity (Wildman–Crippen MR) is 165 cm³/mol. The molecule has 1 aliphatic heterocycles. The van der Waals surface area contributed by atoms with Crippen molar-refractivity contribution in [2.24, 2.45) is 5.41 Å². The van der Waals surface area contributed by atoms with E-state index in [2.05, 4.69) is 15.6 Å². The number of methoxy groups -OCH3 is 1. The van der Waals surface area contributed by atoms with Crippen molar-refractivity contribution in [3.05, 3.63) is 95.0 Å². The molecule has 2 atom stereocenters. The Morgan fingerprint density at radius 2 is 1.90 bits per heavy atom. The smallest absolute Gasteiger partial charge is 0.335 e. The Labute approximate surface area is 253 Å². The van der Waals surface area contributed by atoms with Crippen LogP contribution in [0.4, 0.5) is 11.4 Å². The SMILES string of the molecule is COc1cc(N2C(=S)N[C@@H](c3ccccn3)[C@@H]2c2ccc(-c3cc(C(=O)O)ccc3Cl)o2)ccc1NC(=O)C(C)(C)C. The van der Waals surface area contributed by atoms with E-state index in [1.54, 1.807) is 24.4 Å². The maximum Gasteiger partial charge on any atom is 0.335 e. The first kappa shape index (κ1) is 29.1. The van der Waals surface area contributed by atoms with E-state index in [4.69, 9.17) is 33.0 Å². The van der Waals surface area contributed by atoms with Crippen molar-refractivity contribution in [3.8, 4) is 17.1 Å². The maximum atomic E-state index is 12.7. The van der Waals surface area contributed by atoms with Crippen molar-refractivity contribution in [1.82, 2.24) is 10.3 Å². The molecule has 2 aromatic heterocycles. The average Bonchev–Trinajstić information content (AvgIpc) is 3.58. The van der Waals surface area contributed by atoms with Crippen LogP contribution in [-0.2, 0) is 4.79 Å². The largest absolute Gasteiger partial charge is 0.494 e. The Morgan fingerprint density at radius 3 is 2.57 bits per heavy atom. The standard InChI is InChI=1S/C31H29ClN4O5S/c1-31(2,3)29(39)34-21-11-9-18(16-25(21)40-4)36-27(26(35-30(36)42)22-7-5-6-14-33-22)24-13-12-23(41-24)19-15-17(28(37)38)8-10-20(19)32/h5-16,26-27H,1-4H3,(H,34,39)(H,35,42)(H,37,38)/t26-,27-/m0/s1. The minimum atomic E-state index is -1.07. The highest BCUT2D eigenvalue weighted by atomic mass is 35.5.